The van der Waals surface area contributed by atoms with E-state index in [9.17, 15) is 0 Å². The predicted molar refractivity (Wildman–Crippen MR) is 138 cm³/mol. The van der Waals surface area contributed by atoms with Crippen molar-refractivity contribution in [3.8, 4) is 0 Å². The molecule has 0 amide bonds. The summed E-state index contributed by atoms with van der Waals surface area (Å²) in [5.74, 6) is 2.05. The lowest BCUT2D eigenvalue weighted by molar-refractivity contribution is 0.169. The van der Waals surface area contributed by atoms with Crippen LogP contribution in [0.25, 0.3) is 0 Å². The van der Waals surface area contributed by atoms with Gasteiger partial charge in [-0.1, -0.05) is 5.16 Å². The Morgan fingerprint density at radius 1 is 1.09 bits per heavy atom. The van der Waals surface area contributed by atoms with Gasteiger partial charge >= 0.3 is 0 Å². The van der Waals surface area contributed by atoms with Crippen molar-refractivity contribution in [2.24, 2.45) is 4.99 Å². The van der Waals surface area contributed by atoms with Crippen LogP contribution < -0.4 is 10.2 Å². The highest BCUT2D eigenvalue weighted by Gasteiger charge is 2.20. The maximum atomic E-state index is 4.95. The first-order valence-corrected chi connectivity index (χ1v) is 11.2. The zero-order valence-corrected chi connectivity index (χ0v) is 21.4. The van der Waals surface area contributed by atoms with Gasteiger partial charge in [0.15, 0.2) is 5.96 Å². The van der Waals surface area contributed by atoms with Gasteiger partial charge in [-0.05, 0) is 31.7 Å². The van der Waals surface area contributed by atoms with E-state index in [-0.39, 0.29) is 24.0 Å². The molecule has 2 saturated heterocycles. The van der Waals surface area contributed by atoms with E-state index in [0.29, 0.717) is 6.54 Å². The molecule has 10 heteroatoms. The van der Waals surface area contributed by atoms with Gasteiger partial charge in [0.2, 0.25) is 0 Å². The fourth-order valence-corrected chi connectivity index (χ4v) is 4.03. The average Bonchev–Trinajstić information content (AvgIpc) is 3.31. The van der Waals surface area contributed by atoms with Crippen LogP contribution in [-0.4, -0.2) is 96.8 Å². The third-order valence-corrected chi connectivity index (χ3v) is 5.93. The van der Waals surface area contributed by atoms with Crippen molar-refractivity contribution >= 4 is 35.8 Å². The van der Waals surface area contributed by atoms with Crippen molar-refractivity contribution in [1.82, 2.24) is 30.2 Å². The summed E-state index contributed by atoms with van der Waals surface area (Å²) in [7, 11) is 2.17. The number of nitrogens with one attached hydrogen (secondary N) is 1. The van der Waals surface area contributed by atoms with Crippen LogP contribution in [0.1, 0.15) is 18.2 Å². The summed E-state index contributed by atoms with van der Waals surface area (Å²) in [5, 5.41) is 7.49. The van der Waals surface area contributed by atoms with Gasteiger partial charge in [0.25, 0.3) is 0 Å². The first-order valence-electron chi connectivity index (χ1n) is 11.2. The fourth-order valence-electron chi connectivity index (χ4n) is 4.03. The zero-order chi connectivity index (χ0) is 21.5. The number of hydrogen-bond donors (Lipinski definition) is 1. The molecule has 2 aliphatic rings. The number of likely N-dealkylation sites (N-methyl/N-ethyl adjacent to an activating group) is 1. The minimum Gasteiger partial charge on any atom is -0.364 e. The lowest BCUT2D eigenvalue weighted by Crippen LogP contribution is -2.52. The number of piperazine rings is 2. The fraction of sp³-hybridized carbons (Fsp3) is 0.591. The maximum absolute atomic E-state index is 4.95. The van der Waals surface area contributed by atoms with E-state index in [0.717, 1.165) is 82.9 Å². The van der Waals surface area contributed by atoms with E-state index in [1.807, 2.05) is 12.3 Å². The second-order valence-corrected chi connectivity index (χ2v) is 8.24. The molecule has 0 unspecified atom stereocenters. The van der Waals surface area contributed by atoms with Crippen molar-refractivity contribution in [3.05, 3.63) is 41.9 Å². The molecule has 0 bridgehead atoms. The lowest BCUT2D eigenvalue weighted by atomic mass is 10.2. The molecule has 0 saturated carbocycles. The van der Waals surface area contributed by atoms with Gasteiger partial charge in [-0.15, -0.1) is 24.0 Å². The smallest absolute Gasteiger partial charge is 0.194 e. The molecule has 2 aromatic heterocycles. The van der Waals surface area contributed by atoms with Gasteiger partial charge in [0.1, 0.15) is 12.1 Å². The topological polar surface area (TPSA) is 76.3 Å². The molecular weight excluding hydrogens is 519 g/mol. The Balaban J connectivity index is 0.00000289. The molecular formula is C22H35IN8O. The van der Waals surface area contributed by atoms with Gasteiger partial charge in [-0.2, -0.15) is 0 Å². The van der Waals surface area contributed by atoms with E-state index >= 15 is 0 Å². The number of aliphatic imine (C=N–C) groups is 1. The summed E-state index contributed by atoms with van der Waals surface area (Å²) in [6.45, 7) is 12.6. The normalized spacial score (nSPS) is 18.5. The third kappa shape index (κ3) is 6.79. The van der Waals surface area contributed by atoms with Crippen molar-refractivity contribution in [1.29, 1.82) is 0 Å². The summed E-state index contributed by atoms with van der Waals surface area (Å²) < 4.78 is 4.95. The number of anilines is 1. The lowest BCUT2D eigenvalue weighted by Gasteiger charge is -2.36. The molecule has 4 heterocycles. The summed E-state index contributed by atoms with van der Waals surface area (Å²) in [5.41, 5.74) is 2.19. The van der Waals surface area contributed by atoms with Crippen LogP contribution in [0.3, 0.4) is 0 Å². The molecule has 0 aromatic carbocycles. The van der Waals surface area contributed by atoms with Crippen LogP contribution in [0.15, 0.2) is 40.2 Å². The van der Waals surface area contributed by atoms with E-state index in [1.165, 1.54) is 5.56 Å². The van der Waals surface area contributed by atoms with Crippen molar-refractivity contribution in [2.45, 2.75) is 20.0 Å². The number of aromatic nitrogens is 2. The van der Waals surface area contributed by atoms with Crippen molar-refractivity contribution < 1.29 is 4.52 Å². The SMILES string of the molecule is CCNC(=NCc1ccnc(N2CCN(C)CC2)c1)N1CCN(Cc2ccon2)CC1.I. The molecule has 32 heavy (non-hydrogen) atoms. The first-order chi connectivity index (χ1) is 15.2. The summed E-state index contributed by atoms with van der Waals surface area (Å²) >= 11 is 0. The van der Waals surface area contributed by atoms with Gasteiger partial charge in [-0.3, -0.25) is 4.90 Å². The van der Waals surface area contributed by atoms with Gasteiger partial charge < -0.3 is 24.5 Å². The second kappa shape index (κ2) is 12.4. The van der Waals surface area contributed by atoms with Crippen molar-refractivity contribution in [3.63, 3.8) is 0 Å². The Morgan fingerprint density at radius 3 is 2.56 bits per heavy atom. The molecule has 2 fully saturated rings. The minimum atomic E-state index is 0. The first kappa shape index (κ1) is 24.7. The van der Waals surface area contributed by atoms with Crippen LogP contribution in [-0.2, 0) is 13.1 Å². The van der Waals surface area contributed by atoms with E-state index in [2.05, 4.69) is 61.2 Å². The van der Waals surface area contributed by atoms with E-state index in [4.69, 9.17) is 9.52 Å². The quantitative estimate of drug-likeness (QED) is 0.329. The summed E-state index contributed by atoms with van der Waals surface area (Å²) in [4.78, 5) is 19.0. The molecule has 2 aromatic rings. The Morgan fingerprint density at radius 2 is 1.88 bits per heavy atom. The predicted octanol–water partition coefficient (Wildman–Crippen LogP) is 1.72. The standard InChI is InChI=1S/C22H34N8O.HI/c1-3-23-22(30-13-9-28(10-14-30)18-20-5-15-31-26-20)25-17-19-4-6-24-21(16-19)29-11-7-27(2)8-12-29;/h4-6,15-16H,3,7-14,17-18H2,1-2H3,(H,23,25);1H. The minimum absolute atomic E-state index is 0. The highest BCUT2D eigenvalue weighted by Crippen LogP contribution is 2.16. The second-order valence-electron chi connectivity index (χ2n) is 8.24. The van der Waals surface area contributed by atoms with E-state index < -0.39 is 0 Å². The maximum Gasteiger partial charge on any atom is 0.194 e. The number of hydrogen-bond acceptors (Lipinski definition) is 7. The van der Waals surface area contributed by atoms with Gasteiger partial charge in [-0.25, -0.2) is 9.98 Å². The molecule has 9 nitrogen and oxygen atoms in total. The molecule has 1 N–H and O–H groups in total. The Bertz CT molecular complexity index is 830. The zero-order valence-electron chi connectivity index (χ0n) is 19.1. The van der Waals surface area contributed by atoms with Crippen LogP contribution in [0.2, 0.25) is 0 Å². The summed E-state index contributed by atoms with van der Waals surface area (Å²) in [6.07, 6.45) is 3.55. The largest absolute Gasteiger partial charge is 0.364 e. The molecule has 0 radical (unpaired) electrons. The van der Waals surface area contributed by atoms with Crippen LogP contribution >= 0.6 is 24.0 Å². The van der Waals surface area contributed by atoms with Crippen LogP contribution in [0.5, 0.6) is 0 Å². The number of pyridine rings is 1. The average molecular weight is 554 g/mol. The molecule has 176 valence electrons. The van der Waals surface area contributed by atoms with Gasteiger partial charge in [0.05, 0.1) is 12.2 Å². The number of rotatable bonds is 6. The molecule has 0 atom stereocenters. The van der Waals surface area contributed by atoms with E-state index in [1.54, 1.807) is 6.26 Å². The van der Waals surface area contributed by atoms with Crippen LogP contribution in [0.4, 0.5) is 5.82 Å². The summed E-state index contributed by atoms with van der Waals surface area (Å²) in [6, 6.07) is 6.19. The van der Waals surface area contributed by atoms with Crippen molar-refractivity contribution in [2.75, 3.05) is 70.9 Å². The van der Waals surface area contributed by atoms with Gasteiger partial charge in [0, 0.05) is 77.7 Å². The highest BCUT2D eigenvalue weighted by molar-refractivity contribution is 14.0. The molecule has 4 rings (SSSR count). The Hall–Kier alpha value is -1.92. The number of guanidine groups is 1. The monoisotopic (exact) mass is 554 g/mol. The Kier molecular flexibility index (Phi) is 9.54. The molecule has 2 aliphatic heterocycles. The van der Waals surface area contributed by atoms with Crippen LogP contribution in [0, 0.1) is 0 Å². The third-order valence-electron chi connectivity index (χ3n) is 5.93. The molecule has 0 spiro atoms. The number of nitrogens with zero attached hydrogens (tertiary/aromatic N) is 7. The molecule has 0 aliphatic carbocycles. The Labute approximate surface area is 207 Å². The highest BCUT2D eigenvalue weighted by atomic mass is 127. The number of halogens is 1.